The molecule has 0 unspecified atom stereocenters. The smallest absolute Gasteiger partial charge is 0.287 e. The predicted molar refractivity (Wildman–Crippen MR) is 59.1 cm³/mol. The van der Waals surface area contributed by atoms with Crippen LogP contribution in [0, 0.1) is 5.82 Å². The monoisotopic (exact) mass is 269 g/mol. The van der Waals surface area contributed by atoms with Crippen molar-refractivity contribution in [3.05, 3.63) is 65.2 Å². The maximum absolute atomic E-state index is 12.7. The lowest BCUT2D eigenvalue weighted by molar-refractivity contribution is -0.137. The maximum atomic E-state index is 12.7. The third-order valence-electron chi connectivity index (χ3n) is 2.41. The van der Waals surface area contributed by atoms with Crippen molar-refractivity contribution in [2.24, 2.45) is 0 Å². The standard InChI is InChI=1S/C13H7F4NO/c14-10-4-5-11(18-7-10)12(19)8-2-1-3-9(6-8)13(15,16)17/h1-7H. The predicted octanol–water partition coefficient (Wildman–Crippen LogP) is 3.47. The van der Waals surface area contributed by atoms with Crippen LogP contribution < -0.4 is 0 Å². The lowest BCUT2D eigenvalue weighted by atomic mass is 10.0. The minimum Gasteiger partial charge on any atom is -0.287 e. The van der Waals surface area contributed by atoms with Gasteiger partial charge in [-0.2, -0.15) is 13.2 Å². The highest BCUT2D eigenvalue weighted by Crippen LogP contribution is 2.29. The van der Waals surface area contributed by atoms with Crippen LogP contribution in [0.3, 0.4) is 0 Å². The summed E-state index contributed by atoms with van der Waals surface area (Å²) in [6.07, 6.45) is -3.69. The van der Waals surface area contributed by atoms with Crippen molar-refractivity contribution < 1.29 is 22.4 Å². The van der Waals surface area contributed by atoms with E-state index in [1.54, 1.807) is 0 Å². The Morgan fingerprint density at radius 3 is 2.42 bits per heavy atom. The summed E-state index contributed by atoms with van der Waals surface area (Å²) in [5.41, 5.74) is -1.17. The van der Waals surface area contributed by atoms with Crippen LogP contribution in [0.4, 0.5) is 17.6 Å². The van der Waals surface area contributed by atoms with Crippen LogP contribution in [0.2, 0.25) is 0 Å². The molecule has 98 valence electrons. The van der Waals surface area contributed by atoms with E-state index in [1.807, 2.05) is 0 Å². The second-order valence-corrected chi connectivity index (χ2v) is 3.77. The molecule has 6 heteroatoms. The van der Waals surface area contributed by atoms with E-state index in [0.29, 0.717) is 0 Å². The molecule has 2 nitrogen and oxygen atoms in total. The number of pyridine rings is 1. The maximum Gasteiger partial charge on any atom is 0.416 e. The Bertz CT molecular complexity index is 605. The van der Waals surface area contributed by atoms with Gasteiger partial charge in [0.05, 0.1) is 11.8 Å². The molecule has 0 aliphatic rings. The SMILES string of the molecule is O=C(c1cccc(C(F)(F)F)c1)c1ccc(F)cn1. The van der Waals surface area contributed by atoms with Crippen LogP contribution in [-0.4, -0.2) is 10.8 Å². The average Bonchev–Trinajstić information content (AvgIpc) is 2.38. The number of rotatable bonds is 2. The number of carbonyl (C=O) groups is 1. The second kappa shape index (κ2) is 4.79. The first-order chi connectivity index (χ1) is 8.88. The van der Waals surface area contributed by atoms with E-state index < -0.39 is 23.3 Å². The zero-order valence-electron chi connectivity index (χ0n) is 9.41. The van der Waals surface area contributed by atoms with Gasteiger partial charge in [0.1, 0.15) is 11.5 Å². The Labute approximate surface area is 105 Å². The van der Waals surface area contributed by atoms with Crippen LogP contribution in [0.1, 0.15) is 21.6 Å². The molecule has 0 aliphatic heterocycles. The van der Waals surface area contributed by atoms with Gasteiger partial charge in [-0.1, -0.05) is 12.1 Å². The summed E-state index contributed by atoms with van der Waals surface area (Å²) in [5, 5.41) is 0. The minimum atomic E-state index is -4.52. The third-order valence-corrected chi connectivity index (χ3v) is 2.41. The van der Waals surface area contributed by atoms with Crippen LogP contribution in [0.15, 0.2) is 42.6 Å². The van der Waals surface area contributed by atoms with Crippen LogP contribution >= 0.6 is 0 Å². The fraction of sp³-hybridized carbons (Fsp3) is 0.0769. The number of aromatic nitrogens is 1. The average molecular weight is 269 g/mol. The lowest BCUT2D eigenvalue weighted by Crippen LogP contribution is -2.09. The first-order valence-electron chi connectivity index (χ1n) is 5.21. The second-order valence-electron chi connectivity index (χ2n) is 3.77. The number of halogens is 4. The Balaban J connectivity index is 2.37. The molecule has 2 aromatic rings. The first-order valence-corrected chi connectivity index (χ1v) is 5.21. The zero-order valence-corrected chi connectivity index (χ0v) is 9.41. The number of carbonyl (C=O) groups excluding carboxylic acids is 1. The van der Waals surface area contributed by atoms with Crippen molar-refractivity contribution in [2.75, 3.05) is 0 Å². The summed E-state index contributed by atoms with van der Waals surface area (Å²) >= 11 is 0. The highest BCUT2D eigenvalue weighted by Gasteiger charge is 2.31. The summed E-state index contributed by atoms with van der Waals surface area (Å²) in [6, 6.07) is 6.15. The highest BCUT2D eigenvalue weighted by molar-refractivity contribution is 6.07. The minimum absolute atomic E-state index is 0.110. The Kier molecular flexibility index (Phi) is 3.33. The summed E-state index contributed by atoms with van der Waals surface area (Å²) in [5.74, 6) is -1.31. The largest absolute Gasteiger partial charge is 0.416 e. The summed E-state index contributed by atoms with van der Waals surface area (Å²) < 4.78 is 50.2. The molecule has 0 fully saturated rings. The molecule has 0 amide bonds. The van der Waals surface area contributed by atoms with E-state index >= 15 is 0 Å². The molecule has 0 spiro atoms. The van der Waals surface area contributed by atoms with Gasteiger partial charge in [0.2, 0.25) is 5.78 Å². The number of benzene rings is 1. The fourth-order valence-corrected chi connectivity index (χ4v) is 1.49. The molecule has 0 saturated carbocycles. The van der Waals surface area contributed by atoms with Gasteiger partial charge >= 0.3 is 6.18 Å². The number of hydrogen-bond acceptors (Lipinski definition) is 2. The number of alkyl halides is 3. The van der Waals surface area contributed by atoms with Crippen molar-refractivity contribution >= 4 is 5.78 Å². The third kappa shape index (κ3) is 2.96. The molecule has 1 heterocycles. The van der Waals surface area contributed by atoms with E-state index in [9.17, 15) is 22.4 Å². The number of ketones is 1. The quantitative estimate of drug-likeness (QED) is 0.617. The van der Waals surface area contributed by atoms with E-state index in [2.05, 4.69) is 4.98 Å². The molecular formula is C13H7F4NO. The van der Waals surface area contributed by atoms with Gasteiger partial charge in [0.25, 0.3) is 0 Å². The Morgan fingerprint density at radius 2 is 1.84 bits per heavy atom. The molecule has 2 rings (SSSR count). The topological polar surface area (TPSA) is 30.0 Å². The normalized spacial score (nSPS) is 11.4. The molecule has 0 N–H and O–H groups in total. The Hall–Kier alpha value is -2.24. The molecule has 1 aromatic carbocycles. The molecule has 0 saturated heterocycles. The van der Waals surface area contributed by atoms with Crippen molar-refractivity contribution in [2.45, 2.75) is 6.18 Å². The lowest BCUT2D eigenvalue weighted by Gasteiger charge is -2.07. The molecule has 0 aliphatic carbocycles. The van der Waals surface area contributed by atoms with E-state index in [4.69, 9.17) is 0 Å². The fourth-order valence-electron chi connectivity index (χ4n) is 1.49. The van der Waals surface area contributed by atoms with E-state index in [-0.39, 0.29) is 11.3 Å². The van der Waals surface area contributed by atoms with Gasteiger partial charge in [-0.15, -0.1) is 0 Å². The zero-order chi connectivity index (χ0) is 14.0. The van der Waals surface area contributed by atoms with Crippen molar-refractivity contribution in [1.29, 1.82) is 0 Å². The van der Waals surface area contributed by atoms with Crippen molar-refractivity contribution in [1.82, 2.24) is 4.98 Å². The molecule has 0 radical (unpaired) electrons. The highest BCUT2D eigenvalue weighted by atomic mass is 19.4. The van der Waals surface area contributed by atoms with Crippen LogP contribution in [-0.2, 0) is 6.18 Å². The van der Waals surface area contributed by atoms with Gasteiger partial charge in [-0.05, 0) is 24.3 Å². The molecule has 1 aromatic heterocycles. The van der Waals surface area contributed by atoms with Gasteiger partial charge in [-0.3, -0.25) is 4.79 Å². The van der Waals surface area contributed by atoms with E-state index in [1.165, 1.54) is 6.07 Å². The van der Waals surface area contributed by atoms with Gasteiger partial charge in [0.15, 0.2) is 0 Å². The molecule has 0 atom stereocenters. The van der Waals surface area contributed by atoms with Gasteiger partial charge < -0.3 is 0 Å². The van der Waals surface area contributed by atoms with Crippen molar-refractivity contribution in [3.8, 4) is 0 Å². The summed E-state index contributed by atoms with van der Waals surface area (Å²) in [7, 11) is 0. The van der Waals surface area contributed by atoms with Crippen LogP contribution in [0.5, 0.6) is 0 Å². The molecule has 19 heavy (non-hydrogen) atoms. The summed E-state index contributed by atoms with van der Waals surface area (Å²) in [6.45, 7) is 0. The van der Waals surface area contributed by atoms with E-state index in [0.717, 1.165) is 36.5 Å². The van der Waals surface area contributed by atoms with Crippen molar-refractivity contribution in [3.63, 3.8) is 0 Å². The first kappa shape index (κ1) is 13.2. The number of hydrogen-bond donors (Lipinski definition) is 0. The Morgan fingerprint density at radius 1 is 1.11 bits per heavy atom. The van der Waals surface area contributed by atoms with Crippen LogP contribution in [0.25, 0.3) is 0 Å². The van der Waals surface area contributed by atoms with Gasteiger partial charge in [-0.25, -0.2) is 9.37 Å². The van der Waals surface area contributed by atoms with Gasteiger partial charge in [0, 0.05) is 5.56 Å². The molecule has 0 bridgehead atoms. The molecular weight excluding hydrogens is 262 g/mol. The summed E-state index contributed by atoms with van der Waals surface area (Å²) in [4.78, 5) is 15.4. The number of nitrogens with zero attached hydrogens (tertiary/aromatic N) is 1.